The molecule has 2 N–H and O–H groups in total. The lowest BCUT2D eigenvalue weighted by Gasteiger charge is -2.17. The SMILES string of the molecule is CCN(CC)CCCCc1ccc(C(=O)Nc2ccc(Br)cc2C(=O)N/N=C/c2cccc(OC)c2)cc1. The molecule has 3 rings (SSSR count). The molecule has 3 aromatic carbocycles. The first kappa shape index (κ1) is 29.1. The Labute approximate surface area is 233 Å². The predicted octanol–water partition coefficient (Wildman–Crippen LogP) is 6.14. The number of nitrogens with one attached hydrogen (secondary N) is 2. The van der Waals surface area contributed by atoms with E-state index in [-0.39, 0.29) is 5.91 Å². The summed E-state index contributed by atoms with van der Waals surface area (Å²) in [5.41, 5.74) is 5.73. The van der Waals surface area contributed by atoms with Gasteiger partial charge in [-0.05, 0) is 92.5 Å². The molecule has 3 aromatic rings. The lowest BCUT2D eigenvalue weighted by molar-refractivity contribution is 0.0956. The maximum atomic E-state index is 12.9. The van der Waals surface area contributed by atoms with E-state index in [1.807, 2.05) is 42.5 Å². The number of hydrazone groups is 1. The van der Waals surface area contributed by atoms with Gasteiger partial charge in [0, 0.05) is 10.0 Å². The van der Waals surface area contributed by atoms with E-state index in [0.29, 0.717) is 27.0 Å². The van der Waals surface area contributed by atoms with Crippen LogP contribution in [-0.4, -0.2) is 49.7 Å². The number of hydrogen-bond acceptors (Lipinski definition) is 5. The molecule has 7 nitrogen and oxygen atoms in total. The van der Waals surface area contributed by atoms with Gasteiger partial charge in [0.1, 0.15) is 5.75 Å². The molecule has 0 fully saturated rings. The van der Waals surface area contributed by atoms with Gasteiger partial charge in [-0.25, -0.2) is 5.43 Å². The first-order valence-corrected chi connectivity index (χ1v) is 13.6. The van der Waals surface area contributed by atoms with Crippen LogP contribution < -0.4 is 15.5 Å². The molecule has 0 heterocycles. The molecule has 0 aromatic heterocycles. The number of halogens is 1. The molecule has 0 bridgehead atoms. The van der Waals surface area contributed by atoms with Crippen molar-refractivity contribution < 1.29 is 14.3 Å². The second kappa shape index (κ2) is 15.1. The summed E-state index contributed by atoms with van der Waals surface area (Å²) in [7, 11) is 1.59. The average molecular weight is 580 g/mol. The molecule has 38 heavy (non-hydrogen) atoms. The number of benzene rings is 3. The van der Waals surface area contributed by atoms with Crippen LogP contribution in [0.1, 0.15) is 58.5 Å². The van der Waals surface area contributed by atoms with Gasteiger partial charge >= 0.3 is 0 Å². The number of aryl methyl sites for hydroxylation is 1. The zero-order valence-corrected chi connectivity index (χ0v) is 23.8. The van der Waals surface area contributed by atoms with Crippen LogP contribution in [0.2, 0.25) is 0 Å². The molecule has 0 spiro atoms. The van der Waals surface area contributed by atoms with Gasteiger partial charge in [0.2, 0.25) is 0 Å². The van der Waals surface area contributed by atoms with Crippen LogP contribution in [0, 0.1) is 0 Å². The number of nitrogens with zero attached hydrogens (tertiary/aromatic N) is 2. The second-order valence-corrected chi connectivity index (χ2v) is 9.72. The third-order valence-electron chi connectivity index (χ3n) is 6.25. The highest BCUT2D eigenvalue weighted by Crippen LogP contribution is 2.22. The van der Waals surface area contributed by atoms with Crippen LogP contribution in [0.3, 0.4) is 0 Å². The standard InChI is InChI=1S/C30H35BrN4O3/c1-4-35(5-2)18-7-6-9-22-12-14-24(15-13-22)29(36)33-28-17-16-25(31)20-27(28)30(37)34-32-21-23-10-8-11-26(19-23)38-3/h8,10-17,19-21H,4-7,9,18H2,1-3H3,(H,33,36)(H,34,37)/b32-21+. The van der Waals surface area contributed by atoms with Gasteiger partial charge in [-0.15, -0.1) is 0 Å². The smallest absolute Gasteiger partial charge is 0.273 e. The summed E-state index contributed by atoms with van der Waals surface area (Å²) in [5.74, 6) is -0.0317. The second-order valence-electron chi connectivity index (χ2n) is 8.80. The molecule has 0 radical (unpaired) electrons. The van der Waals surface area contributed by atoms with Gasteiger partial charge in [-0.1, -0.05) is 54.0 Å². The maximum absolute atomic E-state index is 12.9. The Hall–Kier alpha value is -3.49. The number of rotatable bonds is 13. The third-order valence-corrected chi connectivity index (χ3v) is 6.74. The van der Waals surface area contributed by atoms with E-state index < -0.39 is 5.91 Å². The number of ether oxygens (including phenoxy) is 1. The lowest BCUT2D eigenvalue weighted by atomic mass is 10.1. The topological polar surface area (TPSA) is 83.0 Å². The number of carbonyl (C=O) groups excluding carboxylic acids is 2. The summed E-state index contributed by atoms with van der Waals surface area (Å²) in [6.45, 7) is 7.66. The lowest BCUT2D eigenvalue weighted by Crippen LogP contribution is -2.23. The largest absolute Gasteiger partial charge is 0.497 e. The highest BCUT2D eigenvalue weighted by Gasteiger charge is 2.15. The van der Waals surface area contributed by atoms with Crippen molar-refractivity contribution in [2.75, 3.05) is 32.1 Å². The number of amides is 2. The van der Waals surface area contributed by atoms with Gasteiger partial charge in [0.25, 0.3) is 11.8 Å². The van der Waals surface area contributed by atoms with Crippen molar-refractivity contribution in [3.05, 3.63) is 93.5 Å². The van der Waals surface area contributed by atoms with Gasteiger partial charge in [0.15, 0.2) is 0 Å². The summed E-state index contributed by atoms with van der Waals surface area (Å²) < 4.78 is 5.91. The van der Waals surface area contributed by atoms with E-state index in [4.69, 9.17) is 4.74 Å². The Morgan fingerprint density at radius 1 is 0.974 bits per heavy atom. The normalized spacial score (nSPS) is 11.1. The minimum atomic E-state index is -0.444. The van der Waals surface area contributed by atoms with Crippen LogP contribution in [0.15, 0.2) is 76.3 Å². The highest BCUT2D eigenvalue weighted by molar-refractivity contribution is 9.10. The van der Waals surface area contributed by atoms with Crippen molar-refractivity contribution in [2.24, 2.45) is 5.10 Å². The first-order chi connectivity index (χ1) is 18.4. The van der Waals surface area contributed by atoms with Gasteiger partial charge in [-0.2, -0.15) is 5.10 Å². The van der Waals surface area contributed by atoms with Crippen LogP contribution in [0.25, 0.3) is 0 Å². The molecule has 2 amide bonds. The molecule has 0 saturated heterocycles. The summed E-state index contributed by atoms with van der Waals surface area (Å²) in [6, 6.07) is 20.1. The summed E-state index contributed by atoms with van der Waals surface area (Å²) >= 11 is 3.40. The zero-order chi connectivity index (χ0) is 27.3. The quantitative estimate of drug-likeness (QED) is 0.145. The molecule has 0 unspecified atom stereocenters. The fraction of sp³-hybridized carbons (Fsp3) is 0.300. The Balaban J connectivity index is 1.60. The molecular weight excluding hydrogens is 544 g/mol. The van der Waals surface area contributed by atoms with Crippen LogP contribution >= 0.6 is 15.9 Å². The van der Waals surface area contributed by atoms with Crippen molar-refractivity contribution in [2.45, 2.75) is 33.1 Å². The molecule has 0 aliphatic heterocycles. The van der Waals surface area contributed by atoms with Crippen molar-refractivity contribution in [3.8, 4) is 5.75 Å². The minimum absolute atomic E-state index is 0.283. The fourth-order valence-electron chi connectivity index (χ4n) is 3.98. The molecule has 8 heteroatoms. The number of carbonyl (C=O) groups is 2. The van der Waals surface area contributed by atoms with Gasteiger partial charge in [-0.3, -0.25) is 9.59 Å². The summed E-state index contributed by atoms with van der Waals surface area (Å²) in [4.78, 5) is 28.2. The Morgan fingerprint density at radius 3 is 2.45 bits per heavy atom. The average Bonchev–Trinajstić information content (AvgIpc) is 2.94. The van der Waals surface area contributed by atoms with Crippen molar-refractivity contribution >= 4 is 39.6 Å². The van der Waals surface area contributed by atoms with Crippen molar-refractivity contribution in [1.29, 1.82) is 0 Å². The first-order valence-electron chi connectivity index (χ1n) is 12.8. The molecule has 200 valence electrons. The Kier molecular flexibility index (Phi) is 11.5. The number of hydrogen-bond donors (Lipinski definition) is 2. The van der Waals surface area contributed by atoms with E-state index >= 15 is 0 Å². The van der Waals surface area contributed by atoms with Crippen molar-refractivity contribution in [3.63, 3.8) is 0 Å². The Bertz CT molecular complexity index is 1240. The van der Waals surface area contributed by atoms with Gasteiger partial charge in [0.05, 0.1) is 24.6 Å². The Morgan fingerprint density at radius 2 is 1.74 bits per heavy atom. The molecule has 0 aliphatic carbocycles. The number of methoxy groups -OCH3 is 1. The van der Waals surface area contributed by atoms with E-state index in [2.05, 4.69) is 50.5 Å². The van der Waals surface area contributed by atoms with Gasteiger partial charge < -0.3 is 15.0 Å². The minimum Gasteiger partial charge on any atom is -0.497 e. The maximum Gasteiger partial charge on any atom is 0.273 e. The molecular formula is C30H35BrN4O3. The van der Waals surface area contributed by atoms with Crippen molar-refractivity contribution in [1.82, 2.24) is 10.3 Å². The zero-order valence-electron chi connectivity index (χ0n) is 22.2. The summed E-state index contributed by atoms with van der Waals surface area (Å²) in [6.07, 6.45) is 4.78. The molecule has 0 saturated carbocycles. The van der Waals surface area contributed by atoms with E-state index in [1.165, 1.54) is 11.8 Å². The van der Waals surface area contributed by atoms with Crippen LogP contribution in [0.5, 0.6) is 5.75 Å². The number of unbranched alkanes of at least 4 members (excludes halogenated alkanes) is 1. The highest BCUT2D eigenvalue weighted by atomic mass is 79.9. The van der Waals surface area contributed by atoms with E-state index in [0.717, 1.165) is 44.5 Å². The van der Waals surface area contributed by atoms with E-state index in [1.54, 1.807) is 31.4 Å². The predicted molar refractivity (Wildman–Crippen MR) is 157 cm³/mol. The third kappa shape index (κ3) is 8.82. The van der Waals surface area contributed by atoms with Crippen LogP contribution in [0.4, 0.5) is 5.69 Å². The molecule has 0 atom stereocenters. The van der Waals surface area contributed by atoms with E-state index in [9.17, 15) is 9.59 Å². The molecule has 0 aliphatic rings. The van der Waals surface area contributed by atoms with Crippen LogP contribution in [-0.2, 0) is 6.42 Å². The number of anilines is 1. The fourth-order valence-corrected chi connectivity index (χ4v) is 4.34. The summed E-state index contributed by atoms with van der Waals surface area (Å²) in [5, 5.41) is 6.91. The monoisotopic (exact) mass is 578 g/mol.